The molecular formula is C23H22ClFN4O. The van der Waals surface area contributed by atoms with Gasteiger partial charge < -0.3 is 9.80 Å². The summed E-state index contributed by atoms with van der Waals surface area (Å²) in [7, 11) is 0. The van der Waals surface area contributed by atoms with Gasteiger partial charge in [-0.25, -0.2) is 4.39 Å². The van der Waals surface area contributed by atoms with Crippen LogP contribution in [0.3, 0.4) is 0 Å². The minimum atomic E-state index is -0.594. The van der Waals surface area contributed by atoms with Crippen LogP contribution >= 0.6 is 11.6 Å². The van der Waals surface area contributed by atoms with Gasteiger partial charge in [0.25, 0.3) is 5.91 Å². The number of hydrogen-bond acceptors (Lipinski definition) is 4. The van der Waals surface area contributed by atoms with Crippen LogP contribution in [0.15, 0.2) is 54.6 Å². The number of piperazine rings is 1. The van der Waals surface area contributed by atoms with E-state index in [1.54, 1.807) is 4.90 Å². The Balaban J connectivity index is 1.41. The molecule has 1 fully saturated rings. The second kappa shape index (κ2) is 8.79. The lowest BCUT2D eigenvalue weighted by Crippen LogP contribution is -2.49. The Morgan fingerprint density at radius 3 is 2.33 bits per heavy atom. The number of nitrogens with zero attached hydrogens (tertiary/aromatic N) is 4. The van der Waals surface area contributed by atoms with E-state index in [1.165, 1.54) is 23.8 Å². The predicted molar refractivity (Wildman–Crippen MR) is 116 cm³/mol. The van der Waals surface area contributed by atoms with Gasteiger partial charge in [-0.3, -0.25) is 4.79 Å². The molecule has 7 heteroatoms. The maximum absolute atomic E-state index is 14.1. The van der Waals surface area contributed by atoms with Crippen molar-refractivity contribution in [3.8, 4) is 11.3 Å². The Kier molecular flexibility index (Phi) is 5.95. The van der Waals surface area contributed by atoms with Crippen molar-refractivity contribution in [2.24, 2.45) is 0 Å². The van der Waals surface area contributed by atoms with E-state index in [-0.39, 0.29) is 16.5 Å². The summed E-state index contributed by atoms with van der Waals surface area (Å²) < 4.78 is 14.1. The lowest BCUT2D eigenvalue weighted by molar-refractivity contribution is 0.0742. The Labute approximate surface area is 180 Å². The average Bonchev–Trinajstić information content (AvgIpc) is 2.79. The smallest absolute Gasteiger partial charge is 0.258 e. The lowest BCUT2D eigenvalue weighted by atomic mass is 10.1. The molecule has 0 unspecified atom stereocenters. The minimum absolute atomic E-state index is 0.0640. The van der Waals surface area contributed by atoms with Crippen LogP contribution in [-0.2, 0) is 6.42 Å². The average molecular weight is 425 g/mol. The highest BCUT2D eigenvalue weighted by atomic mass is 35.5. The van der Waals surface area contributed by atoms with Crippen molar-refractivity contribution in [3.63, 3.8) is 0 Å². The normalized spacial score (nSPS) is 14.1. The summed E-state index contributed by atoms with van der Waals surface area (Å²) in [5.41, 5.74) is 3.08. The first-order chi connectivity index (χ1) is 14.6. The third-order valence-corrected chi connectivity index (χ3v) is 5.69. The van der Waals surface area contributed by atoms with Crippen LogP contribution in [0.5, 0.6) is 0 Å². The van der Waals surface area contributed by atoms with Crippen LogP contribution < -0.4 is 4.90 Å². The van der Waals surface area contributed by atoms with Crippen molar-refractivity contribution < 1.29 is 9.18 Å². The second-order valence-electron chi connectivity index (χ2n) is 7.20. The zero-order valence-corrected chi connectivity index (χ0v) is 17.4. The van der Waals surface area contributed by atoms with E-state index in [0.29, 0.717) is 26.2 Å². The molecule has 3 aromatic rings. The number of benzene rings is 2. The zero-order valence-electron chi connectivity index (χ0n) is 16.7. The summed E-state index contributed by atoms with van der Waals surface area (Å²) in [4.78, 5) is 16.4. The molecule has 154 valence electrons. The quantitative estimate of drug-likeness (QED) is 0.620. The van der Waals surface area contributed by atoms with Gasteiger partial charge in [0.05, 0.1) is 16.3 Å². The maximum Gasteiger partial charge on any atom is 0.258 e. The zero-order chi connectivity index (χ0) is 21.1. The molecule has 0 bridgehead atoms. The molecule has 0 saturated carbocycles. The first-order valence-electron chi connectivity index (χ1n) is 9.98. The van der Waals surface area contributed by atoms with E-state index in [9.17, 15) is 9.18 Å². The summed E-state index contributed by atoms with van der Waals surface area (Å²) in [6.07, 6.45) is 1.00. The van der Waals surface area contributed by atoms with Gasteiger partial charge in [-0.2, -0.15) is 0 Å². The lowest BCUT2D eigenvalue weighted by Gasteiger charge is -2.35. The topological polar surface area (TPSA) is 49.3 Å². The fourth-order valence-electron chi connectivity index (χ4n) is 3.56. The minimum Gasteiger partial charge on any atom is -0.352 e. The molecule has 0 spiro atoms. The van der Waals surface area contributed by atoms with Crippen molar-refractivity contribution in [3.05, 3.63) is 76.6 Å². The predicted octanol–water partition coefficient (Wildman–Crippen LogP) is 4.46. The summed E-state index contributed by atoms with van der Waals surface area (Å²) in [6.45, 7) is 4.24. The third kappa shape index (κ3) is 4.14. The van der Waals surface area contributed by atoms with E-state index < -0.39 is 5.82 Å². The number of aryl methyl sites for hydroxylation is 1. The molecule has 30 heavy (non-hydrogen) atoms. The molecule has 0 atom stereocenters. The SMILES string of the molecule is CCc1ccc(-c2ccc(N3CCN(C(=O)c4c(F)cccc4Cl)CC3)nn2)cc1. The number of amides is 1. The Hall–Kier alpha value is -2.99. The fourth-order valence-corrected chi connectivity index (χ4v) is 3.80. The first-order valence-corrected chi connectivity index (χ1v) is 10.4. The molecule has 0 N–H and O–H groups in total. The van der Waals surface area contributed by atoms with Crippen molar-refractivity contribution in [2.75, 3.05) is 31.1 Å². The largest absolute Gasteiger partial charge is 0.352 e. The molecule has 1 aliphatic heterocycles. The molecular weight excluding hydrogens is 403 g/mol. The van der Waals surface area contributed by atoms with E-state index >= 15 is 0 Å². The Morgan fingerprint density at radius 1 is 1.00 bits per heavy atom. The van der Waals surface area contributed by atoms with Crippen molar-refractivity contribution in [1.29, 1.82) is 0 Å². The monoisotopic (exact) mass is 424 g/mol. The van der Waals surface area contributed by atoms with Crippen molar-refractivity contribution in [2.45, 2.75) is 13.3 Å². The van der Waals surface area contributed by atoms with Gasteiger partial charge in [0.1, 0.15) is 5.82 Å². The fraction of sp³-hybridized carbons (Fsp3) is 0.261. The van der Waals surface area contributed by atoms with Crippen LogP contribution in [0, 0.1) is 5.82 Å². The summed E-state index contributed by atoms with van der Waals surface area (Å²) in [6, 6.07) is 16.5. The standard InChI is InChI=1S/C23H22ClFN4O/c1-2-16-6-8-17(9-7-16)20-10-11-21(27-26-20)28-12-14-29(15-13-28)23(30)22-18(24)4-3-5-19(22)25/h3-11H,2,12-15H2,1H3. The van der Waals surface area contributed by atoms with Crippen molar-refractivity contribution in [1.82, 2.24) is 15.1 Å². The van der Waals surface area contributed by atoms with Crippen molar-refractivity contribution >= 4 is 23.3 Å². The van der Waals surface area contributed by atoms with Gasteiger partial charge in [-0.05, 0) is 36.2 Å². The number of rotatable bonds is 4. The van der Waals surface area contributed by atoms with E-state index in [4.69, 9.17) is 11.6 Å². The number of hydrogen-bond donors (Lipinski definition) is 0. The van der Waals surface area contributed by atoms with Gasteiger partial charge in [0.15, 0.2) is 5.82 Å². The van der Waals surface area contributed by atoms with Gasteiger partial charge in [-0.15, -0.1) is 10.2 Å². The van der Waals surface area contributed by atoms with Crippen LogP contribution in [0.25, 0.3) is 11.3 Å². The molecule has 2 heterocycles. The third-order valence-electron chi connectivity index (χ3n) is 5.38. The Bertz CT molecular complexity index is 1010. The molecule has 1 aliphatic rings. The van der Waals surface area contributed by atoms with Gasteiger partial charge in [-0.1, -0.05) is 48.9 Å². The number of aromatic nitrogens is 2. The molecule has 1 aromatic heterocycles. The first kappa shape index (κ1) is 20.3. The van der Waals surface area contributed by atoms with Crippen LogP contribution in [0.2, 0.25) is 5.02 Å². The highest BCUT2D eigenvalue weighted by Gasteiger charge is 2.26. The number of carbonyl (C=O) groups is 1. The van der Waals surface area contributed by atoms with Crippen LogP contribution in [0.1, 0.15) is 22.8 Å². The molecule has 2 aromatic carbocycles. The highest BCUT2D eigenvalue weighted by molar-refractivity contribution is 6.33. The van der Waals surface area contributed by atoms with Crippen LogP contribution in [0.4, 0.5) is 10.2 Å². The Morgan fingerprint density at radius 2 is 1.73 bits per heavy atom. The summed E-state index contributed by atoms with van der Waals surface area (Å²) in [5.74, 6) is -0.210. The molecule has 0 radical (unpaired) electrons. The van der Waals surface area contributed by atoms with Gasteiger partial charge >= 0.3 is 0 Å². The molecule has 1 saturated heterocycles. The highest BCUT2D eigenvalue weighted by Crippen LogP contribution is 2.23. The van der Waals surface area contributed by atoms with E-state index in [2.05, 4.69) is 46.3 Å². The van der Waals surface area contributed by atoms with Gasteiger partial charge in [0.2, 0.25) is 0 Å². The molecule has 1 amide bonds. The van der Waals surface area contributed by atoms with E-state index in [1.807, 2.05) is 12.1 Å². The maximum atomic E-state index is 14.1. The summed E-state index contributed by atoms with van der Waals surface area (Å²) in [5, 5.41) is 8.87. The summed E-state index contributed by atoms with van der Waals surface area (Å²) >= 11 is 6.03. The van der Waals surface area contributed by atoms with Crippen LogP contribution in [-0.4, -0.2) is 47.2 Å². The number of anilines is 1. The van der Waals surface area contributed by atoms with E-state index in [0.717, 1.165) is 23.5 Å². The second-order valence-corrected chi connectivity index (χ2v) is 7.61. The number of halogens is 2. The molecule has 5 nitrogen and oxygen atoms in total. The molecule has 0 aliphatic carbocycles. The van der Waals surface area contributed by atoms with Gasteiger partial charge in [0, 0.05) is 31.7 Å². The molecule has 4 rings (SSSR count). The number of carbonyl (C=O) groups excluding carboxylic acids is 1.